The van der Waals surface area contributed by atoms with Crippen molar-refractivity contribution in [3.63, 3.8) is 0 Å². The predicted molar refractivity (Wildman–Crippen MR) is 25.0 cm³/mol. The Kier molecular flexibility index (Phi) is 63.8. The number of rotatable bonds is 0. The molecular formula is H5AlMgO2Si. The van der Waals surface area contributed by atoms with Crippen molar-refractivity contribution < 1.29 is 11.8 Å². The second kappa shape index (κ2) is 19.4. The maximum absolute atomic E-state index is 8.40. The zero-order valence-corrected chi connectivity index (χ0v) is 4.44. The summed E-state index contributed by atoms with van der Waals surface area (Å²) in [6.07, 6.45) is 0. The fraction of sp³-hybridized carbons (Fsp3) is 0. The SMILES string of the molecule is O=[Si]=O.[AlH3].[H-].[H-].[Mg+2]. The first-order valence-electron chi connectivity index (χ1n) is 0.408. The molecule has 0 aliphatic rings. The van der Waals surface area contributed by atoms with Crippen LogP contribution in [0, 0.1) is 0 Å². The van der Waals surface area contributed by atoms with Gasteiger partial charge in [0.15, 0.2) is 17.4 Å². The van der Waals surface area contributed by atoms with Crippen LogP contribution in [0.1, 0.15) is 2.85 Å². The molecule has 0 amide bonds. The van der Waals surface area contributed by atoms with Crippen LogP contribution in [0.3, 0.4) is 0 Å². The van der Waals surface area contributed by atoms with E-state index in [1.165, 1.54) is 0 Å². The summed E-state index contributed by atoms with van der Waals surface area (Å²) in [5.74, 6) is 0. The molecule has 0 fully saturated rings. The van der Waals surface area contributed by atoms with Gasteiger partial charge in [-0.05, 0) is 0 Å². The van der Waals surface area contributed by atoms with Crippen LogP contribution < -0.4 is 0 Å². The summed E-state index contributed by atoms with van der Waals surface area (Å²) in [7, 11) is -1.42. The van der Waals surface area contributed by atoms with E-state index in [9.17, 15) is 0 Å². The molecule has 0 saturated heterocycles. The van der Waals surface area contributed by atoms with Crippen LogP contribution in [0.2, 0.25) is 0 Å². The Labute approximate surface area is 61.5 Å². The first-order valence-corrected chi connectivity index (χ1v) is 1.22. The van der Waals surface area contributed by atoms with Crippen LogP contribution in [0.15, 0.2) is 0 Å². The van der Waals surface area contributed by atoms with Crippen LogP contribution >= 0.6 is 0 Å². The average Bonchev–Trinajstić information content (AvgIpc) is 0.918. The summed E-state index contributed by atoms with van der Waals surface area (Å²) in [6, 6.07) is 0. The summed E-state index contributed by atoms with van der Waals surface area (Å²) in [5, 5.41) is 0. The minimum Gasteiger partial charge on any atom is -1.00 e. The van der Waals surface area contributed by atoms with E-state index in [0.717, 1.165) is 0 Å². The van der Waals surface area contributed by atoms with Crippen molar-refractivity contribution in [1.29, 1.82) is 0 Å². The minimum atomic E-state index is -1.42. The van der Waals surface area contributed by atoms with Crippen LogP contribution in [0.25, 0.3) is 0 Å². The van der Waals surface area contributed by atoms with Crippen LogP contribution in [-0.4, -0.2) is 49.7 Å². The Morgan fingerprint density at radius 1 is 1.40 bits per heavy atom. The van der Waals surface area contributed by atoms with Gasteiger partial charge in [0.2, 0.25) is 0 Å². The second-order valence-corrected chi connectivity index (χ2v) is 0.250. The fourth-order valence-electron chi connectivity index (χ4n) is 0. The molecule has 0 aliphatic heterocycles. The Bertz CT molecular complexity index is 36.7. The van der Waals surface area contributed by atoms with E-state index in [1.54, 1.807) is 0 Å². The third-order valence-corrected chi connectivity index (χ3v) is 0. The van der Waals surface area contributed by atoms with Gasteiger partial charge in [-0.15, -0.1) is 0 Å². The van der Waals surface area contributed by atoms with Gasteiger partial charge in [-0.1, -0.05) is 0 Å². The fourth-order valence-corrected chi connectivity index (χ4v) is 0. The molecule has 0 radical (unpaired) electrons. The average molecular weight is 116 g/mol. The molecule has 0 aromatic heterocycles. The molecule has 0 bridgehead atoms. The van der Waals surface area contributed by atoms with Crippen molar-refractivity contribution in [2.45, 2.75) is 0 Å². The Morgan fingerprint density at radius 3 is 1.40 bits per heavy atom. The van der Waals surface area contributed by atoms with Crippen molar-refractivity contribution in [2.24, 2.45) is 0 Å². The molecule has 0 aromatic rings. The van der Waals surface area contributed by atoms with Crippen LogP contribution in [0.5, 0.6) is 0 Å². The quantitative estimate of drug-likeness (QED) is 0.345. The normalized spacial score (nSPS) is 1.60. The molecule has 0 heterocycles. The molecule has 2 nitrogen and oxygen atoms in total. The first-order chi connectivity index (χ1) is 1.41. The van der Waals surface area contributed by atoms with E-state index in [2.05, 4.69) is 0 Å². The van der Waals surface area contributed by atoms with Gasteiger partial charge < -0.3 is 2.85 Å². The molecule has 5 heavy (non-hydrogen) atoms. The van der Waals surface area contributed by atoms with Gasteiger partial charge >= 0.3 is 32.3 Å². The van der Waals surface area contributed by atoms with Gasteiger partial charge in [0.25, 0.3) is 0 Å². The van der Waals surface area contributed by atoms with Gasteiger partial charge in [0.1, 0.15) is 0 Å². The number of hydrogen-bond donors (Lipinski definition) is 0. The van der Waals surface area contributed by atoms with E-state index in [4.69, 9.17) is 8.92 Å². The molecule has 0 aromatic carbocycles. The van der Waals surface area contributed by atoms with Gasteiger partial charge in [-0.3, -0.25) is 8.92 Å². The standard InChI is InChI=1S/Al.Mg.O2Si.5H/c;;1-3-2;;;;;/q;+2;;;;;2*-1. The molecule has 26 valence electrons. The molecule has 5 heteroatoms. The van der Waals surface area contributed by atoms with Crippen LogP contribution in [-0.2, 0) is 8.92 Å². The maximum Gasteiger partial charge on any atom is 2.00 e. The molecule has 0 N–H and O–H groups in total. The van der Waals surface area contributed by atoms with E-state index in [-0.39, 0.29) is 43.3 Å². The Hall–Kier alpha value is 1.12. The predicted octanol–water partition coefficient (Wildman–Crippen LogP) is -1.96. The zero-order valence-electron chi connectivity index (χ0n) is 4.02. The molecule has 0 aliphatic carbocycles. The monoisotopic (exact) mass is 116 g/mol. The smallest absolute Gasteiger partial charge is 1.00 e. The first kappa shape index (κ1) is 16.5. The van der Waals surface area contributed by atoms with E-state index in [0.29, 0.717) is 0 Å². The zero-order chi connectivity index (χ0) is 2.71. The summed E-state index contributed by atoms with van der Waals surface area (Å²) < 4.78 is 16.8. The van der Waals surface area contributed by atoms with Crippen molar-refractivity contribution in [1.82, 2.24) is 0 Å². The largest absolute Gasteiger partial charge is 2.00 e. The third kappa shape index (κ3) is 39.9. The number of hydrogen-bond acceptors (Lipinski definition) is 2. The summed E-state index contributed by atoms with van der Waals surface area (Å²) >= 11 is 0. The minimum absolute atomic E-state index is 0. The van der Waals surface area contributed by atoms with Crippen molar-refractivity contribution in [3.05, 3.63) is 0 Å². The topological polar surface area (TPSA) is 34.1 Å². The summed E-state index contributed by atoms with van der Waals surface area (Å²) in [4.78, 5) is 0. The van der Waals surface area contributed by atoms with Crippen molar-refractivity contribution in [3.8, 4) is 0 Å². The van der Waals surface area contributed by atoms with E-state index >= 15 is 0 Å². The second-order valence-electron chi connectivity index (χ2n) is 0.0833. The summed E-state index contributed by atoms with van der Waals surface area (Å²) in [5.41, 5.74) is 0. The molecule has 0 spiro atoms. The van der Waals surface area contributed by atoms with Crippen molar-refractivity contribution >= 4 is 49.7 Å². The van der Waals surface area contributed by atoms with Gasteiger partial charge in [0.05, 0.1) is 0 Å². The maximum atomic E-state index is 8.40. The summed E-state index contributed by atoms with van der Waals surface area (Å²) in [6.45, 7) is 0. The van der Waals surface area contributed by atoms with Crippen molar-refractivity contribution in [2.75, 3.05) is 0 Å². The van der Waals surface area contributed by atoms with E-state index in [1.807, 2.05) is 0 Å². The molecular weight excluding hydrogens is 111 g/mol. The molecule has 0 unspecified atom stereocenters. The van der Waals surface area contributed by atoms with Gasteiger partial charge in [-0.2, -0.15) is 0 Å². The Morgan fingerprint density at radius 2 is 1.40 bits per heavy atom. The molecule has 0 rings (SSSR count). The van der Waals surface area contributed by atoms with Gasteiger partial charge in [0, 0.05) is 0 Å². The molecule has 0 saturated carbocycles. The van der Waals surface area contributed by atoms with E-state index < -0.39 is 9.29 Å². The van der Waals surface area contributed by atoms with Gasteiger partial charge in [-0.25, -0.2) is 0 Å². The van der Waals surface area contributed by atoms with Crippen LogP contribution in [0.4, 0.5) is 0 Å². The Balaban J connectivity index is -0.00000000333. The third-order valence-electron chi connectivity index (χ3n) is 0. The molecule has 0 atom stereocenters.